The Morgan fingerprint density at radius 3 is 2.67 bits per heavy atom. The van der Waals surface area contributed by atoms with Crippen LogP contribution in [0.25, 0.3) is 0 Å². The predicted octanol–water partition coefficient (Wildman–Crippen LogP) is 1.44. The summed E-state index contributed by atoms with van der Waals surface area (Å²) >= 11 is 1.67. The zero-order valence-corrected chi connectivity index (χ0v) is 9.24. The Hall–Kier alpha value is -1.33. The second-order valence-corrected chi connectivity index (χ2v) is 4.16. The van der Waals surface area contributed by atoms with E-state index in [1.54, 1.807) is 17.7 Å². The predicted molar refractivity (Wildman–Crippen MR) is 59.7 cm³/mol. The quantitative estimate of drug-likeness (QED) is 0.847. The van der Waals surface area contributed by atoms with Gasteiger partial charge in [0.05, 0.1) is 5.51 Å². The topological polar surface area (TPSA) is 50.7 Å². The van der Waals surface area contributed by atoms with E-state index in [0.717, 1.165) is 12.0 Å². The normalized spacial score (nSPS) is 12.6. The third-order valence-electron chi connectivity index (χ3n) is 2.22. The third-order valence-corrected chi connectivity index (χ3v) is 3.02. The highest BCUT2D eigenvalue weighted by atomic mass is 32.1. The number of aromatic nitrogens is 3. The van der Waals surface area contributed by atoms with Crippen LogP contribution in [0.2, 0.25) is 0 Å². The van der Waals surface area contributed by atoms with Gasteiger partial charge in [-0.2, -0.15) is 0 Å². The summed E-state index contributed by atoms with van der Waals surface area (Å²) in [5.41, 5.74) is 2.96. The largest absolute Gasteiger partial charge is 0.313 e. The Kier molecular flexibility index (Phi) is 3.37. The first-order chi connectivity index (χ1) is 7.40. The maximum absolute atomic E-state index is 4.06. The van der Waals surface area contributed by atoms with E-state index in [2.05, 4.69) is 20.3 Å². The van der Waals surface area contributed by atoms with E-state index in [4.69, 9.17) is 0 Å². The minimum Gasteiger partial charge on any atom is -0.313 e. The van der Waals surface area contributed by atoms with Crippen molar-refractivity contribution in [2.45, 2.75) is 12.5 Å². The van der Waals surface area contributed by atoms with Gasteiger partial charge in [-0.15, -0.1) is 11.3 Å². The van der Waals surface area contributed by atoms with Crippen molar-refractivity contribution in [3.63, 3.8) is 0 Å². The van der Waals surface area contributed by atoms with Gasteiger partial charge in [-0.3, -0.25) is 4.98 Å². The summed E-state index contributed by atoms with van der Waals surface area (Å²) in [4.78, 5) is 13.4. The fourth-order valence-electron chi connectivity index (χ4n) is 1.42. The van der Waals surface area contributed by atoms with Crippen molar-refractivity contribution in [2.75, 3.05) is 7.05 Å². The Morgan fingerprint density at radius 2 is 2.07 bits per heavy atom. The molecule has 0 aliphatic carbocycles. The Morgan fingerprint density at radius 1 is 1.27 bits per heavy atom. The lowest BCUT2D eigenvalue weighted by molar-refractivity contribution is 0.591. The minimum absolute atomic E-state index is 0.256. The van der Waals surface area contributed by atoms with Crippen LogP contribution < -0.4 is 5.32 Å². The monoisotopic (exact) mass is 220 g/mol. The summed E-state index contributed by atoms with van der Waals surface area (Å²) in [5, 5.41) is 3.26. The first-order valence-corrected chi connectivity index (χ1v) is 5.57. The van der Waals surface area contributed by atoms with Gasteiger partial charge in [-0.25, -0.2) is 9.97 Å². The number of hydrogen-bond donors (Lipinski definition) is 1. The highest BCUT2D eigenvalue weighted by Crippen LogP contribution is 2.18. The van der Waals surface area contributed by atoms with E-state index in [0.29, 0.717) is 0 Å². The fraction of sp³-hybridized carbons (Fsp3) is 0.300. The highest BCUT2D eigenvalue weighted by Gasteiger charge is 2.11. The first-order valence-electron chi connectivity index (χ1n) is 4.69. The Labute approximate surface area is 92.4 Å². The summed E-state index contributed by atoms with van der Waals surface area (Å²) in [7, 11) is 1.94. The van der Waals surface area contributed by atoms with Crippen LogP contribution in [0.4, 0.5) is 0 Å². The molecule has 0 aliphatic rings. The summed E-state index contributed by atoms with van der Waals surface area (Å²) in [6.07, 6.45) is 8.06. The molecule has 0 aliphatic heterocycles. The van der Waals surface area contributed by atoms with E-state index in [-0.39, 0.29) is 6.04 Å². The average Bonchev–Trinajstić information content (AvgIpc) is 2.80. The maximum Gasteiger partial charge on any atom is 0.115 e. The van der Waals surface area contributed by atoms with Crippen LogP contribution in [-0.2, 0) is 6.42 Å². The maximum atomic E-state index is 4.06. The van der Waals surface area contributed by atoms with Crippen molar-refractivity contribution in [1.82, 2.24) is 20.3 Å². The van der Waals surface area contributed by atoms with Gasteiger partial charge in [0.25, 0.3) is 0 Å². The first kappa shape index (κ1) is 10.2. The molecular weight excluding hydrogens is 208 g/mol. The van der Waals surface area contributed by atoms with E-state index >= 15 is 0 Å². The standard InChI is InChI=1S/C10H12N4S/c1-11-10(2-9-5-14-7-15-9)8-3-12-6-13-4-8/h3-7,10-11H,2H2,1H3. The molecule has 0 bridgehead atoms. The number of likely N-dealkylation sites (N-methyl/N-ethyl adjacent to an activating group) is 1. The SMILES string of the molecule is CNC(Cc1cncs1)c1cncnc1. The molecule has 2 aromatic heterocycles. The molecule has 0 aromatic carbocycles. The lowest BCUT2D eigenvalue weighted by Crippen LogP contribution is -2.18. The molecule has 5 heteroatoms. The van der Waals surface area contributed by atoms with Crippen LogP contribution in [-0.4, -0.2) is 22.0 Å². The van der Waals surface area contributed by atoms with Crippen LogP contribution in [0.15, 0.2) is 30.4 Å². The van der Waals surface area contributed by atoms with Gasteiger partial charge >= 0.3 is 0 Å². The molecule has 78 valence electrons. The van der Waals surface area contributed by atoms with Gasteiger partial charge < -0.3 is 5.32 Å². The zero-order valence-electron chi connectivity index (χ0n) is 8.42. The summed E-state index contributed by atoms with van der Waals surface area (Å²) < 4.78 is 0. The van der Waals surface area contributed by atoms with Gasteiger partial charge in [0, 0.05) is 41.5 Å². The third kappa shape index (κ3) is 2.57. The molecule has 1 N–H and O–H groups in total. The molecule has 1 unspecified atom stereocenters. The molecule has 0 saturated heterocycles. The van der Waals surface area contributed by atoms with Crippen LogP contribution in [0.3, 0.4) is 0 Å². The molecule has 0 amide bonds. The fourth-order valence-corrected chi connectivity index (χ4v) is 2.06. The number of hydrogen-bond acceptors (Lipinski definition) is 5. The zero-order chi connectivity index (χ0) is 10.5. The van der Waals surface area contributed by atoms with Crippen molar-refractivity contribution in [3.05, 3.63) is 40.9 Å². The molecule has 2 rings (SSSR count). The lowest BCUT2D eigenvalue weighted by Gasteiger charge is -2.14. The molecule has 2 heterocycles. The molecule has 4 nitrogen and oxygen atoms in total. The van der Waals surface area contributed by atoms with Crippen molar-refractivity contribution in [1.29, 1.82) is 0 Å². The van der Waals surface area contributed by atoms with Crippen molar-refractivity contribution >= 4 is 11.3 Å². The van der Waals surface area contributed by atoms with Crippen molar-refractivity contribution in [2.24, 2.45) is 0 Å². The van der Waals surface area contributed by atoms with E-state index in [9.17, 15) is 0 Å². The van der Waals surface area contributed by atoms with Crippen LogP contribution in [0.1, 0.15) is 16.5 Å². The van der Waals surface area contributed by atoms with Gasteiger partial charge in [0.2, 0.25) is 0 Å². The van der Waals surface area contributed by atoms with Crippen LogP contribution in [0.5, 0.6) is 0 Å². The summed E-state index contributed by atoms with van der Waals surface area (Å²) in [6.45, 7) is 0. The van der Waals surface area contributed by atoms with Crippen molar-refractivity contribution in [3.8, 4) is 0 Å². The second-order valence-electron chi connectivity index (χ2n) is 3.18. The number of thiazole rings is 1. The van der Waals surface area contributed by atoms with Gasteiger partial charge in [0.1, 0.15) is 6.33 Å². The molecule has 15 heavy (non-hydrogen) atoms. The molecule has 0 spiro atoms. The highest BCUT2D eigenvalue weighted by molar-refractivity contribution is 7.09. The molecule has 0 radical (unpaired) electrons. The van der Waals surface area contributed by atoms with Gasteiger partial charge in [-0.1, -0.05) is 0 Å². The van der Waals surface area contributed by atoms with Gasteiger partial charge in [-0.05, 0) is 7.05 Å². The van der Waals surface area contributed by atoms with Crippen molar-refractivity contribution < 1.29 is 0 Å². The smallest absolute Gasteiger partial charge is 0.115 e. The van der Waals surface area contributed by atoms with E-state index in [1.165, 1.54) is 4.88 Å². The molecule has 2 aromatic rings. The van der Waals surface area contributed by atoms with E-state index < -0.39 is 0 Å². The van der Waals surface area contributed by atoms with Crippen LogP contribution in [0, 0.1) is 0 Å². The number of rotatable bonds is 4. The summed E-state index contributed by atoms with van der Waals surface area (Å²) in [5.74, 6) is 0. The molecule has 0 fully saturated rings. The molecule has 0 saturated carbocycles. The Balaban J connectivity index is 2.12. The second kappa shape index (κ2) is 4.95. The minimum atomic E-state index is 0.256. The van der Waals surface area contributed by atoms with Crippen LogP contribution >= 0.6 is 11.3 Å². The number of nitrogens with one attached hydrogen (secondary N) is 1. The Bertz CT molecular complexity index is 387. The summed E-state index contributed by atoms with van der Waals surface area (Å²) in [6, 6.07) is 0.256. The van der Waals surface area contributed by atoms with Gasteiger partial charge in [0.15, 0.2) is 0 Å². The lowest BCUT2D eigenvalue weighted by atomic mass is 10.1. The molecule has 1 atom stereocenters. The molecular formula is C10H12N4S. The van der Waals surface area contributed by atoms with E-state index in [1.807, 2.05) is 31.1 Å². The average molecular weight is 220 g/mol. The number of nitrogens with zero attached hydrogens (tertiary/aromatic N) is 3.